The molecule has 0 aliphatic heterocycles. The van der Waals surface area contributed by atoms with Crippen LogP contribution in [0.25, 0.3) is 0 Å². The maximum Gasteiger partial charge on any atom is 0.244 e. The fraction of sp³-hybridized carbons (Fsp3) is 0.409. The summed E-state index contributed by atoms with van der Waals surface area (Å²) in [6.45, 7) is 3.74. The van der Waals surface area contributed by atoms with Crippen molar-refractivity contribution in [1.29, 1.82) is 0 Å². The predicted molar refractivity (Wildman–Crippen MR) is 117 cm³/mol. The smallest absolute Gasteiger partial charge is 0.244 e. The van der Waals surface area contributed by atoms with E-state index in [2.05, 4.69) is 17.4 Å². The van der Waals surface area contributed by atoms with Crippen LogP contribution in [0.1, 0.15) is 32.3 Å². The van der Waals surface area contributed by atoms with Crippen LogP contribution >= 0.6 is 0 Å². The van der Waals surface area contributed by atoms with Gasteiger partial charge in [0.1, 0.15) is 11.8 Å². The average molecular weight is 419 g/mol. The van der Waals surface area contributed by atoms with Gasteiger partial charge in [0.25, 0.3) is 0 Å². The lowest BCUT2D eigenvalue weighted by Gasteiger charge is -2.31. The molecule has 6 nitrogen and oxygen atoms in total. The zero-order valence-corrected chi connectivity index (χ0v) is 18.3. The molecule has 0 aromatic heterocycles. The van der Waals surface area contributed by atoms with Gasteiger partial charge in [-0.15, -0.1) is 0 Å². The van der Waals surface area contributed by atoms with Crippen molar-refractivity contribution in [2.24, 2.45) is 0 Å². The third kappa shape index (κ3) is 6.49. The number of aryl methyl sites for hydroxylation is 1. The molecule has 7 heteroatoms. The summed E-state index contributed by atoms with van der Waals surface area (Å²) in [5.74, 6) is 0.323. The number of anilines is 1. The molecule has 2 aromatic carbocycles. The molecule has 2 atom stereocenters. The van der Waals surface area contributed by atoms with Crippen molar-refractivity contribution < 1.29 is 17.9 Å². The van der Waals surface area contributed by atoms with Crippen molar-refractivity contribution in [2.75, 3.05) is 17.7 Å². The van der Waals surface area contributed by atoms with E-state index in [0.29, 0.717) is 17.9 Å². The zero-order valence-electron chi connectivity index (χ0n) is 17.5. The largest absolute Gasteiger partial charge is 0.497 e. The minimum absolute atomic E-state index is 0.0750. The normalized spacial score (nSPS) is 13.4. The van der Waals surface area contributed by atoms with Crippen LogP contribution in [0.4, 0.5) is 5.69 Å². The number of nitrogens with one attached hydrogen (secondary N) is 1. The Morgan fingerprint density at radius 1 is 1.10 bits per heavy atom. The molecule has 0 spiro atoms. The standard InChI is InChI=1S/C22H30N2O4S/c1-5-21(22(25)23-17(2)11-12-18-9-7-6-8-10-18)24(29(4,26)27)19-13-15-20(28-3)16-14-19/h6-10,13-17,21H,5,11-12H2,1-4H3,(H,23,25)/t17-,21+/m0/s1. The predicted octanol–water partition coefficient (Wildman–Crippen LogP) is 3.38. The highest BCUT2D eigenvalue weighted by Gasteiger charge is 2.32. The van der Waals surface area contributed by atoms with E-state index >= 15 is 0 Å². The number of nitrogens with zero attached hydrogens (tertiary/aromatic N) is 1. The summed E-state index contributed by atoms with van der Waals surface area (Å²) in [5.41, 5.74) is 1.64. The maximum absolute atomic E-state index is 12.9. The molecular weight excluding hydrogens is 388 g/mol. The molecule has 0 bridgehead atoms. The molecule has 0 aliphatic carbocycles. The minimum atomic E-state index is -3.65. The summed E-state index contributed by atoms with van der Waals surface area (Å²) >= 11 is 0. The molecule has 1 N–H and O–H groups in total. The van der Waals surface area contributed by atoms with Crippen LogP contribution in [0.2, 0.25) is 0 Å². The second kappa shape index (κ2) is 10.3. The van der Waals surface area contributed by atoms with Gasteiger partial charge in [0.2, 0.25) is 15.9 Å². The van der Waals surface area contributed by atoms with Crippen molar-refractivity contribution in [3.05, 3.63) is 60.2 Å². The number of amides is 1. The first kappa shape index (κ1) is 22.7. The average Bonchev–Trinajstić information content (AvgIpc) is 2.70. The molecule has 0 aliphatic rings. The number of rotatable bonds is 10. The van der Waals surface area contributed by atoms with Crippen molar-refractivity contribution in [2.45, 2.75) is 45.2 Å². The van der Waals surface area contributed by atoms with Gasteiger partial charge in [-0.3, -0.25) is 9.10 Å². The van der Waals surface area contributed by atoms with E-state index in [1.54, 1.807) is 38.3 Å². The number of benzene rings is 2. The van der Waals surface area contributed by atoms with Crippen LogP contribution in [0.5, 0.6) is 5.75 Å². The van der Waals surface area contributed by atoms with Crippen LogP contribution in [0.15, 0.2) is 54.6 Å². The minimum Gasteiger partial charge on any atom is -0.497 e. The van der Waals surface area contributed by atoms with Crippen LogP contribution in [0, 0.1) is 0 Å². The molecule has 0 saturated carbocycles. The van der Waals surface area contributed by atoms with Crippen LogP contribution in [-0.4, -0.2) is 39.8 Å². The van der Waals surface area contributed by atoms with Gasteiger partial charge in [-0.05, 0) is 56.0 Å². The van der Waals surface area contributed by atoms with E-state index in [4.69, 9.17) is 4.74 Å². The quantitative estimate of drug-likeness (QED) is 0.642. The number of hydrogen-bond donors (Lipinski definition) is 1. The summed E-state index contributed by atoms with van der Waals surface area (Å²) in [6.07, 6.45) is 3.09. The molecule has 0 heterocycles. The van der Waals surface area contributed by atoms with Gasteiger partial charge in [0.15, 0.2) is 0 Å². The Morgan fingerprint density at radius 2 is 1.72 bits per heavy atom. The third-order valence-corrected chi connectivity index (χ3v) is 5.93. The number of carbonyl (C=O) groups excluding carboxylic acids is 1. The Labute approximate surface area is 173 Å². The van der Waals surface area contributed by atoms with Crippen molar-refractivity contribution >= 4 is 21.6 Å². The van der Waals surface area contributed by atoms with Gasteiger partial charge < -0.3 is 10.1 Å². The fourth-order valence-corrected chi connectivity index (χ4v) is 4.44. The molecule has 29 heavy (non-hydrogen) atoms. The second-order valence-electron chi connectivity index (χ2n) is 7.11. The third-order valence-electron chi connectivity index (χ3n) is 4.75. The Balaban J connectivity index is 2.12. The molecule has 0 fully saturated rings. The molecule has 1 amide bonds. The lowest BCUT2D eigenvalue weighted by molar-refractivity contribution is -0.122. The summed E-state index contributed by atoms with van der Waals surface area (Å²) in [6, 6.07) is 15.8. The molecule has 158 valence electrons. The highest BCUT2D eigenvalue weighted by molar-refractivity contribution is 7.92. The molecule has 2 aromatic rings. The maximum atomic E-state index is 12.9. The van der Waals surface area contributed by atoms with Crippen molar-refractivity contribution in [1.82, 2.24) is 5.32 Å². The SMILES string of the molecule is CC[C@H](C(=O)N[C@@H](C)CCc1ccccc1)N(c1ccc(OC)cc1)S(C)(=O)=O. The lowest BCUT2D eigenvalue weighted by Crippen LogP contribution is -2.51. The Bertz CT molecular complexity index is 883. The van der Waals surface area contributed by atoms with Crippen molar-refractivity contribution in [3.8, 4) is 5.75 Å². The number of ether oxygens (including phenoxy) is 1. The van der Waals surface area contributed by atoms with Crippen molar-refractivity contribution in [3.63, 3.8) is 0 Å². The Hall–Kier alpha value is -2.54. The van der Waals surface area contributed by atoms with Gasteiger partial charge in [0, 0.05) is 6.04 Å². The molecule has 0 saturated heterocycles. The molecule has 2 rings (SSSR count). The molecular formula is C22H30N2O4S. The van der Waals surface area contributed by atoms with Gasteiger partial charge in [-0.25, -0.2) is 8.42 Å². The summed E-state index contributed by atoms with van der Waals surface area (Å²) in [4.78, 5) is 12.9. The number of methoxy groups -OCH3 is 1. The first-order chi connectivity index (χ1) is 13.8. The van der Waals surface area contributed by atoms with E-state index in [1.807, 2.05) is 25.1 Å². The number of hydrogen-bond acceptors (Lipinski definition) is 4. The van der Waals surface area contributed by atoms with Gasteiger partial charge in [-0.1, -0.05) is 37.3 Å². The van der Waals surface area contributed by atoms with Gasteiger partial charge in [0.05, 0.1) is 19.1 Å². The summed E-state index contributed by atoms with van der Waals surface area (Å²) in [5, 5.41) is 2.98. The van der Waals surface area contributed by atoms with Gasteiger partial charge in [-0.2, -0.15) is 0 Å². The lowest BCUT2D eigenvalue weighted by atomic mass is 10.1. The fourth-order valence-electron chi connectivity index (χ4n) is 3.23. The number of sulfonamides is 1. The van der Waals surface area contributed by atoms with E-state index in [-0.39, 0.29) is 11.9 Å². The second-order valence-corrected chi connectivity index (χ2v) is 8.97. The Morgan fingerprint density at radius 3 is 2.24 bits per heavy atom. The van der Waals surface area contributed by atoms with E-state index in [9.17, 15) is 13.2 Å². The van der Waals surface area contributed by atoms with Gasteiger partial charge >= 0.3 is 0 Å². The van der Waals surface area contributed by atoms with E-state index < -0.39 is 16.1 Å². The highest BCUT2D eigenvalue weighted by Crippen LogP contribution is 2.25. The van der Waals surface area contributed by atoms with Crippen LogP contribution in [0.3, 0.4) is 0 Å². The van der Waals surface area contributed by atoms with Crippen LogP contribution in [-0.2, 0) is 21.2 Å². The number of carbonyl (C=O) groups is 1. The van der Waals surface area contributed by atoms with E-state index in [1.165, 1.54) is 9.87 Å². The monoisotopic (exact) mass is 418 g/mol. The first-order valence-corrected chi connectivity index (χ1v) is 11.6. The van der Waals surface area contributed by atoms with E-state index in [0.717, 1.165) is 19.1 Å². The summed E-state index contributed by atoms with van der Waals surface area (Å²) in [7, 11) is -2.11. The zero-order chi connectivity index (χ0) is 21.4. The summed E-state index contributed by atoms with van der Waals surface area (Å²) < 4.78 is 31.3. The highest BCUT2D eigenvalue weighted by atomic mass is 32.2. The van der Waals surface area contributed by atoms with Crippen LogP contribution < -0.4 is 14.4 Å². The topological polar surface area (TPSA) is 75.7 Å². The molecule has 0 radical (unpaired) electrons. The Kier molecular flexibility index (Phi) is 8.08. The first-order valence-electron chi connectivity index (χ1n) is 9.74. The molecule has 0 unspecified atom stereocenters.